The topological polar surface area (TPSA) is 119 Å². The number of halogens is 7. The number of amides is 1. The summed E-state index contributed by atoms with van der Waals surface area (Å²) in [5, 5.41) is 21.2. The second-order valence-electron chi connectivity index (χ2n) is 9.23. The Kier molecular flexibility index (Phi) is 7.84. The van der Waals surface area contributed by atoms with Crippen LogP contribution in [0.2, 0.25) is 5.02 Å². The van der Waals surface area contributed by atoms with Crippen molar-refractivity contribution < 1.29 is 35.9 Å². The summed E-state index contributed by atoms with van der Waals surface area (Å²) in [7, 11) is 0. The van der Waals surface area contributed by atoms with Gasteiger partial charge in [0.1, 0.15) is 17.2 Å². The molecule has 0 aliphatic rings. The summed E-state index contributed by atoms with van der Waals surface area (Å²) in [6.07, 6.45) is -1.79. The van der Waals surface area contributed by atoms with Crippen molar-refractivity contribution in [3.63, 3.8) is 0 Å². The van der Waals surface area contributed by atoms with E-state index in [0.29, 0.717) is 4.73 Å². The fourth-order valence-corrected chi connectivity index (χ4v) is 4.60. The molecule has 0 spiro atoms. The monoisotopic (exact) mass is 621 g/mol. The van der Waals surface area contributed by atoms with Crippen LogP contribution in [0.5, 0.6) is 0 Å². The minimum absolute atomic E-state index is 0.0266. The molecule has 5 aromatic rings. The molecule has 2 N–H and O–H groups in total. The van der Waals surface area contributed by atoms with Crippen molar-refractivity contribution >= 4 is 17.5 Å². The summed E-state index contributed by atoms with van der Waals surface area (Å²) >= 11 is 5.82. The molecule has 1 aromatic carbocycles. The van der Waals surface area contributed by atoms with Crippen LogP contribution in [-0.4, -0.2) is 30.5 Å². The molecular formula is C27H18ClF6N7O2. The van der Waals surface area contributed by atoms with Gasteiger partial charge < -0.3 is 10.9 Å². The summed E-state index contributed by atoms with van der Waals surface area (Å²) in [5.74, 6) is -1.94. The maximum absolute atomic E-state index is 14.9. The maximum Gasteiger partial charge on any atom is 0.433 e. The first-order valence-corrected chi connectivity index (χ1v) is 12.6. The summed E-state index contributed by atoms with van der Waals surface area (Å²) in [4.78, 5) is 14.9. The number of aromatic nitrogens is 6. The molecule has 0 radical (unpaired) electrons. The molecule has 16 heteroatoms. The zero-order valence-electron chi connectivity index (χ0n) is 21.5. The largest absolute Gasteiger partial charge is 0.618 e. The number of pyridine rings is 2. The average Bonchev–Trinajstić information content (AvgIpc) is 3.63. The smallest absolute Gasteiger partial charge is 0.433 e. The quantitative estimate of drug-likeness (QED) is 0.138. The van der Waals surface area contributed by atoms with Crippen molar-refractivity contribution in [1.82, 2.24) is 24.5 Å². The van der Waals surface area contributed by atoms with Crippen LogP contribution >= 0.6 is 11.6 Å². The molecule has 9 nitrogen and oxygen atoms in total. The van der Waals surface area contributed by atoms with Crippen molar-refractivity contribution in [2.45, 2.75) is 25.2 Å². The van der Waals surface area contributed by atoms with E-state index in [4.69, 9.17) is 17.3 Å². The first-order chi connectivity index (χ1) is 20.3. The number of hydrogen-bond donors (Lipinski definition) is 1. The van der Waals surface area contributed by atoms with Gasteiger partial charge in [-0.05, 0) is 35.9 Å². The molecule has 4 aromatic heterocycles. The van der Waals surface area contributed by atoms with Gasteiger partial charge in [0.2, 0.25) is 5.69 Å². The van der Waals surface area contributed by atoms with E-state index < -0.39 is 52.2 Å². The van der Waals surface area contributed by atoms with Crippen molar-refractivity contribution in [2.75, 3.05) is 0 Å². The summed E-state index contributed by atoms with van der Waals surface area (Å²) in [6, 6.07) is 6.97. The van der Waals surface area contributed by atoms with Crippen molar-refractivity contribution in [3.8, 4) is 22.3 Å². The van der Waals surface area contributed by atoms with E-state index in [1.165, 1.54) is 52.2 Å². The molecule has 43 heavy (non-hydrogen) atoms. The van der Waals surface area contributed by atoms with Crippen molar-refractivity contribution in [2.24, 2.45) is 5.73 Å². The Morgan fingerprint density at radius 3 is 2.51 bits per heavy atom. The summed E-state index contributed by atoms with van der Waals surface area (Å²) in [6.45, 7) is -0.131. The van der Waals surface area contributed by atoms with Crippen LogP contribution in [0.25, 0.3) is 22.3 Å². The number of carbonyl (C=O) groups is 1. The SMILES string of the molecule is NC(=O)c1ccn(C[C@H](c2ccc(-c3c(C(F)F)ccc(Cl)c3F)c[n+]2[O-])n2cc(-c3ccnc(C(F)(F)F)c3)cn2)n1. The lowest BCUT2D eigenvalue weighted by atomic mass is 9.99. The molecule has 0 aliphatic heterocycles. The Morgan fingerprint density at radius 2 is 1.86 bits per heavy atom. The lowest BCUT2D eigenvalue weighted by Gasteiger charge is -2.18. The minimum Gasteiger partial charge on any atom is -0.618 e. The minimum atomic E-state index is -4.69. The third kappa shape index (κ3) is 6.02. The van der Waals surface area contributed by atoms with Gasteiger partial charge in [-0.3, -0.25) is 19.1 Å². The third-order valence-corrected chi connectivity index (χ3v) is 6.79. The van der Waals surface area contributed by atoms with Crippen LogP contribution in [0.4, 0.5) is 26.3 Å². The van der Waals surface area contributed by atoms with Crippen LogP contribution in [-0.2, 0) is 12.7 Å². The number of benzene rings is 1. The number of nitrogens with two attached hydrogens (primary N) is 1. The van der Waals surface area contributed by atoms with Gasteiger partial charge in [-0.25, -0.2) is 13.2 Å². The molecule has 4 heterocycles. The van der Waals surface area contributed by atoms with Gasteiger partial charge in [-0.2, -0.15) is 28.1 Å². The molecular weight excluding hydrogens is 604 g/mol. The van der Waals surface area contributed by atoms with Gasteiger partial charge in [0.25, 0.3) is 12.3 Å². The molecule has 0 saturated heterocycles. The summed E-state index contributed by atoms with van der Waals surface area (Å²) in [5.41, 5.74) is 3.06. The van der Waals surface area contributed by atoms with Crippen molar-refractivity contribution in [1.29, 1.82) is 0 Å². The van der Waals surface area contributed by atoms with E-state index in [0.717, 1.165) is 30.6 Å². The van der Waals surface area contributed by atoms with E-state index in [9.17, 15) is 36.3 Å². The van der Waals surface area contributed by atoms with Gasteiger partial charge >= 0.3 is 6.18 Å². The lowest BCUT2D eigenvalue weighted by Crippen LogP contribution is -2.37. The van der Waals surface area contributed by atoms with Crippen LogP contribution in [0.3, 0.4) is 0 Å². The van der Waals surface area contributed by atoms with Crippen LogP contribution in [0, 0.1) is 11.0 Å². The number of rotatable bonds is 8. The maximum atomic E-state index is 14.9. The third-order valence-electron chi connectivity index (χ3n) is 6.49. The van der Waals surface area contributed by atoms with Crippen LogP contribution in [0.1, 0.15) is 39.9 Å². The van der Waals surface area contributed by atoms with Gasteiger partial charge in [-0.15, -0.1) is 0 Å². The highest BCUT2D eigenvalue weighted by Crippen LogP contribution is 2.36. The fourth-order valence-electron chi connectivity index (χ4n) is 4.45. The molecule has 1 amide bonds. The Balaban J connectivity index is 1.59. The first kappa shape index (κ1) is 29.6. The molecule has 0 saturated carbocycles. The normalized spacial score (nSPS) is 12.6. The second-order valence-corrected chi connectivity index (χ2v) is 9.64. The zero-order valence-corrected chi connectivity index (χ0v) is 22.3. The van der Waals surface area contributed by atoms with E-state index in [-0.39, 0.29) is 34.6 Å². The molecule has 5 rings (SSSR count). The van der Waals surface area contributed by atoms with E-state index in [2.05, 4.69) is 15.2 Å². The van der Waals surface area contributed by atoms with Gasteiger partial charge in [0, 0.05) is 41.3 Å². The number of nitrogens with zero attached hydrogens (tertiary/aromatic N) is 6. The predicted molar refractivity (Wildman–Crippen MR) is 140 cm³/mol. The summed E-state index contributed by atoms with van der Waals surface area (Å²) < 4.78 is 84.8. The number of carbonyl (C=O) groups excluding carboxylic acids is 1. The second kappa shape index (κ2) is 11.4. The predicted octanol–water partition coefficient (Wildman–Crippen LogP) is 5.58. The first-order valence-electron chi connectivity index (χ1n) is 12.2. The molecule has 1 atom stereocenters. The molecule has 0 fully saturated rings. The van der Waals surface area contributed by atoms with Gasteiger partial charge in [0.15, 0.2) is 12.2 Å². The zero-order chi connectivity index (χ0) is 31.1. The van der Waals surface area contributed by atoms with E-state index >= 15 is 0 Å². The highest BCUT2D eigenvalue weighted by molar-refractivity contribution is 6.31. The number of primary amides is 1. The molecule has 222 valence electrons. The van der Waals surface area contributed by atoms with E-state index in [1.807, 2.05) is 0 Å². The Hall–Kier alpha value is -4.92. The lowest BCUT2D eigenvalue weighted by molar-refractivity contribution is -0.615. The standard InChI is InChI=1S/C27H18ClF6N7O2/c28-18-3-2-17(25(30)31)23(24(18)29)15-1-4-20(41(43)12-15)21(13-39-8-6-19(38-39)26(35)42)40-11-16(10-37-40)14-5-7-36-22(9-14)27(32,33)34/h1-12,21,25H,13H2,(H2,35,42)/t21-/m1/s1. The highest BCUT2D eigenvalue weighted by atomic mass is 35.5. The Labute approximate surface area is 243 Å². The Bertz CT molecular complexity index is 1820. The molecule has 0 aliphatic carbocycles. The average molecular weight is 622 g/mol. The van der Waals surface area contributed by atoms with Crippen LogP contribution in [0.15, 0.2) is 73.4 Å². The van der Waals surface area contributed by atoms with Gasteiger partial charge in [0.05, 0.1) is 23.3 Å². The van der Waals surface area contributed by atoms with Crippen molar-refractivity contribution in [3.05, 3.63) is 112 Å². The van der Waals surface area contributed by atoms with Crippen LogP contribution < -0.4 is 10.5 Å². The highest BCUT2D eigenvalue weighted by Gasteiger charge is 2.33. The molecule has 0 bridgehead atoms. The molecule has 0 unspecified atom stereocenters. The fraction of sp³-hybridized carbons (Fsp3) is 0.148. The number of hydrogen-bond acceptors (Lipinski definition) is 5. The number of alkyl halides is 5. The van der Waals surface area contributed by atoms with Gasteiger partial charge in [-0.1, -0.05) is 17.7 Å². The Morgan fingerprint density at radius 1 is 1.09 bits per heavy atom. The van der Waals surface area contributed by atoms with E-state index in [1.54, 1.807) is 0 Å².